The molecular weight excluding hydrogens is 406 g/mol. The average Bonchev–Trinajstić information content (AvgIpc) is 2.69. The van der Waals surface area contributed by atoms with Crippen molar-refractivity contribution in [2.24, 2.45) is 0 Å². The van der Waals surface area contributed by atoms with E-state index in [1.165, 1.54) is 18.3 Å². The third-order valence-electron chi connectivity index (χ3n) is 4.25. The second-order valence-electron chi connectivity index (χ2n) is 6.23. The number of pyridine rings is 1. The van der Waals surface area contributed by atoms with E-state index in [0.717, 1.165) is 18.4 Å². The topological polar surface area (TPSA) is 68.3 Å². The molecule has 1 unspecified atom stereocenters. The monoisotopic (exact) mass is 426 g/mol. The average molecular weight is 427 g/mol. The molecule has 1 atom stereocenters. The molecule has 0 aliphatic carbocycles. The maximum absolute atomic E-state index is 12.7. The van der Waals surface area contributed by atoms with E-state index >= 15 is 0 Å². The molecule has 1 N–H and O–H groups in total. The first kappa shape index (κ1) is 20.9. The largest absolute Gasteiger partial charge is 0.381 e. The summed E-state index contributed by atoms with van der Waals surface area (Å²) in [6.07, 6.45) is 2.94. The molecule has 1 aliphatic heterocycles. The highest BCUT2D eigenvalue weighted by atomic mass is 32.2. The van der Waals surface area contributed by atoms with Gasteiger partial charge in [0.25, 0.3) is 11.7 Å². The predicted molar refractivity (Wildman–Crippen MR) is 106 cm³/mol. The number of thioether (sulfide) groups is 1. The number of alkyl halides is 2. The van der Waals surface area contributed by atoms with Crippen molar-refractivity contribution in [2.45, 2.75) is 34.6 Å². The van der Waals surface area contributed by atoms with Crippen molar-refractivity contribution in [2.75, 3.05) is 18.5 Å². The Morgan fingerprint density at radius 3 is 2.82 bits per heavy atom. The summed E-state index contributed by atoms with van der Waals surface area (Å²) in [7, 11) is -1.01. The van der Waals surface area contributed by atoms with Gasteiger partial charge in [-0.25, -0.2) is 4.98 Å². The smallest absolute Gasteiger partial charge is 0.290 e. The number of hydrogen-bond donors (Lipinski definition) is 1. The summed E-state index contributed by atoms with van der Waals surface area (Å²) < 4.78 is 43.2. The Labute approximate surface area is 168 Å². The summed E-state index contributed by atoms with van der Waals surface area (Å²) in [6.45, 7) is 1.27. The molecule has 1 amide bonds. The fourth-order valence-electron chi connectivity index (χ4n) is 2.90. The highest BCUT2D eigenvalue weighted by Crippen LogP contribution is 2.27. The Bertz CT molecular complexity index is 845. The number of aromatic nitrogens is 1. The summed E-state index contributed by atoms with van der Waals surface area (Å²) >= 11 is 0.236. The Morgan fingerprint density at radius 2 is 2.07 bits per heavy atom. The molecule has 1 aliphatic rings. The second-order valence-corrected chi connectivity index (χ2v) is 8.92. The Balaban J connectivity index is 1.67. The number of nitrogens with one attached hydrogen (secondary N) is 1. The lowest BCUT2D eigenvalue weighted by Gasteiger charge is -2.21. The SMILES string of the molecule is O=C(Nc1cccc(CS(=O)C2CCOCC2)c1)c1cccnc1SC(F)F. The number of amides is 1. The number of anilines is 1. The minimum atomic E-state index is -2.66. The van der Waals surface area contributed by atoms with Gasteiger partial charge in [0.05, 0.1) is 5.56 Å². The molecule has 2 heterocycles. The maximum atomic E-state index is 12.7. The van der Waals surface area contributed by atoms with Crippen molar-refractivity contribution in [3.63, 3.8) is 0 Å². The molecule has 0 radical (unpaired) electrons. The van der Waals surface area contributed by atoms with Gasteiger partial charge in [-0.05, 0) is 54.4 Å². The van der Waals surface area contributed by atoms with Crippen LogP contribution in [0.25, 0.3) is 0 Å². The Kier molecular flexibility index (Phi) is 7.52. The molecular formula is C19H20F2N2O3S2. The minimum Gasteiger partial charge on any atom is -0.381 e. The second kappa shape index (κ2) is 10.1. The highest BCUT2D eigenvalue weighted by Gasteiger charge is 2.21. The van der Waals surface area contributed by atoms with Crippen LogP contribution < -0.4 is 5.32 Å². The molecule has 150 valence electrons. The number of ether oxygens (including phenoxy) is 1. The van der Waals surface area contributed by atoms with Crippen LogP contribution in [-0.2, 0) is 21.3 Å². The molecule has 1 aromatic heterocycles. The van der Waals surface area contributed by atoms with Gasteiger partial charge in [0, 0.05) is 46.9 Å². The summed E-state index contributed by atoms with van der Waals surface area (Å²) in [5.41, 5.74) is 1.45. The number of rotatable bonds is 7. The molecule has 1 saturated heterocycles. The first-order valence-corrected chi connectivity index (χ1v) is 11.0. The first-order chi connectivity index (χ1) is 13.5. The summed E-state index contributed by atoms with van der Waals surface area (Å²) in [5, 5.41) is 2.81. The quantitative estimate of drug-likeness (QED) is 0.676. The van der Waals surface area contributed by atoms with Crippen LogP contribution in [-0.4, -0.2) is 39.3 Å². The van der Waals surface area contributed by atoms with E-state index in [1.807, 2.05) is 6.07 Å². The number of hydrogen-bond acceptors (Lipinski definition) is 5. The number of carbonyl (C=O) groups excluding carboxylic acids is 1. The van der Waals surface area contributed by atoms with Crippen molar-refractivity contribution < 1.29 is 22.5 Å². The fraction of sp³-hybridized carbons (Fsp3) is 0.368. The number of benzene rings is 1. The van der Waals surface area contributed by atoms with E-state index in [0.29, 0.717) is 24.7 Å². The van der Waals surface area contributed by atoms with E-state index in [9.17, 15) is 17.8 Å². The van der Waals surface area contributed by atoms with Gasteiger partial charge >= 0.3 is 0 Å². The molecule has 5 nitrogen and oxygen atoms in total. The van der Waals surface area contributed by atoms with Gasteiger partial charge in [-0.1, -0.05) is 12.1 Å². The van der Waals surface area contributed by atoms with E-state index in [-0.39, 0.29) is 27.6 Å². The van der Waals surface area contributed by atoms with Crippen LogP contribution in [0, 0.1) is 0 Å². The van der Waals surface area contributed by atoms with Crippen LogP contribution in [0.15, 0.2) is 47.6 Å². The predicted octanol–water partition coefficient (Wildman–Crippen LogP) is 4.08. The van der Waals surface area contributed by atoms with Gasteiger partial charge in [0.2, 0.25) is 0 Å². The molecule has 3 rings (SSSR count). The van der Waals surface area contributed by atoms with Crippen molar-refractivity contribution in [3.05, 3.63) is 53.7 Å². The third-order valence-corrected chi connectivity index (χ3v) is 6.81. The van der Waals surface area contributed by atoms with Gasteiger partial charge in [0.1, 0.15) is 5.03 Å². The molecule has 0 bridgehead atoms. The van der Waals surface area contributed by atoms with Gasteiger partial charge < -0.3 is 10.1 Å². The van der Waals surface area contributed by atoms with Crippen LogP contribution in [0.5, 0.6) is 0 Å². The molecule has 28 heavy (non-hydrogen) atoms. The zero-order chi connectivity index (χ0) is 19.9. The normalized spacial score (nSPS) is 16.1. The zero-order valence-corrected chi connectivity index (χ0v) is 16.6. The number of halogens is 2. The molecule has 9 heteroatoms. The lowest BCUT2D eigenvalue weighted by molar-refractivity contribution is 0.0991. The van der Waals surface area contributed by atoms with Crippen LogP contribution in [0.1, 0.15) is 28.8 Å². The lowest BCUT2D eigenvalue weighted by Crippen LogP contribution is -2.25. The number of nitrogens with zero attached hydrogens (tertiary/aromatic N) is 1. The van der Waals surface area contributed by atoms with Crippen LogP contribution in [0.3, 0.4) is 0 Å². The van der Waals surface area contributed by atoms with Gasteiger partial charge in [0.15, 0.2) is 0 Å². The molecule has 1 fully saturated rings. The zero-order valence-electron chi connectivity index (χ0n) is 15.0. The van der Waals surface area contributed by atoms with Crippen molar-refractivity contribution in [1.82, 2.24) is 4.98 Å². The Morgan fingerprint density at radius 1 is 1.29 bits per heavy atom. The van der Waals surface area contributed by atoms with Crippen molar-refractivity contribution in [3.8, 4) is 0 Å². The summed E-state index contributed by atoms with van der Waals surface area (Å²) in [4.78, 5) is 16.4. The van der Waals surface area contributed by atoms with Gasteiger partial charge in [-0.2, -0.15) is 8.78 Å². The highest BCUT2D eigenvalue weighted by molar-refractivity contribution is 7.99. The van der Waals surface area contributed by atoms with Crippen LogP contribution in [0.2, 0.25) is 0 Å². The van der Waals surface area contributed by atoms with Gasteiger partial charge in [-0.3, -0.25) is 9.00 Å². The van der Waals surface area contributed by atoms with Crippen molar-refractivity contribution in [1.29, 1.82) is 0 Å². The minimum absolute atomic E-state index is 0.0215. The molecule has 0 saturated carbocycles. The first-order valence-electron chi connectivity index (χ1n) is 8.78. The van der Waals surface area contributed by atoms with Gasteiger partial charge in [-0.15, -0.1) is 0 Å². The fourth-order valence-corrected chi connectivity index (χ4v) is 4.94. The summed E-state index contributed by atoms with van der Waals surface area (Å²) in [5.74, 6) is -2.78. The Hall–Kier alpha value is -1.84. The molecule has 2 aromatic rings. The maximum Gasteiger partial charge on any atom is 0.290 e. The van der Waals surface area contributed by atoms with E-state index in [1.54, 1.807) is 18.2 Å². The number of carbonyl (C=O) groups is 1. The van der Waals surface area contributed by atoms with Crippen LogP contribution in [0.4, 0.5) is 14.5 Å². The van der Waals surface area contributed by atoms with E-state index < -0.39 is 22.5 Å². The van der Waals surface area contributed by atoms with E-state index in [2.05, 4.69) is 10.3 Å². The van der Waals surface area contributed by atoms with Crippen molar-refractivity contribution >= 4 is 34.2 Å². The lowest BCUT2D eigenvalue weighted by atomic mass is 10.2. The standard InChI is InChI=1S/C19H20F2N2O3S2/c20-19(21)27-18-16(5-2-8-22-18)17(24)23-14-4-1-3-13(11-14)12-28(25)15-6-9-26-10-7-15/h1-5,8,11,15,19H,6-7,9-10,12H2,(H,23,24). The third kappa shape index (κ3) is 5.83. The molecule has 1 aromatic carbocycles. The summed E-state index contributed by atoms with van der Waals surface area (Å²) in [6, 6.07) is 10.1. The van der Waals surface area contributed by atoms with E-state index in [4.69, 9.17) is 4.74 Å². The van der Waals surface area contributed by atoms with Crippen LogP contribution >= 0.6 is 11.8 Å². The molecule has 0 spiro atoms.